The Morgan fingerprint density at radius 3 is 2.62 bits per heavy atom. The molecule has 4 saturated heterocycles. The topological polar surface area (TPSA) is 186 Å². The highest BCUT2D eigenvalue weighted by Gasteiger charge is 2.60. The van der Waals surface area contributed by atoms with Gasteiger partial charge in [-0.2, -0.15) is 0 Å². The summed E-state index contributed by atoms with van der Waals surface area (Å²) >= 11 is 1.45. The molecule has 1 unspecified atom stereocenters. The number of thioether (sulfide) groups is 1. The molecule has 6 rings (SSSR count). The van der Waals surface area contributed by atoms with Crippen molar-refractivity contribution in [3.05, 3.63) is 16.9 Å². The first-order chi connectivity index (χ1) is 20.1. The van der Waals surface area contributed by atoms with E-state index in [4.69, 9.17) is 0 Å². The number of aromatic nitrogens is 4. The number of hydrogen-bond acceptors (Lipinski definition) is 11. The van der Waals surface area contributed by atoms with Crippen LogP contribution in [0.3, 0.4) is 0 Å². The van der Waals surface area contributed by atoms with Crippen LogP contribution < -0.4 is 10.6 Å². The van der Waals surface area contributed by atoms with Crippen molar-refractivity contribution in [2.24, 2.45) is 11.8 Å². The molecule has 15 nitrogen and oxygen atoms in total. The van der Waals surface area contributed by atoms with Crippen LogP contribution in [0.25, 0.3) is 0 Å². The van der Waals surface area contributed by atoms with Crippen molar-refractivity contribution in [3.63, 3.8) is 0 Å². The summed E-state index contributed by atoms with van der Waals surface area (Å²) in [6.07, 6.45) is 3.48. The smallest absolute Gasteiger partial charge is 0.353 e. The molecule has 0 radical (unpaired) electrons. The van der Waals surface area contributed by atoms with Crippen molar-refractivity contribution in [2.75, 3.05) is 32.7 Å². The minimum absolute atomic E-state index is 0.00784. The van der Waals surface area contributed by atoms with Crippen LogP contribution in [0.4, 0.5) is 0 Å². The number of aliphatic hydroxyl groups is 1. The monoisotopic (exact) mass is 603 g/mol. The predicted octanol–water partition coefficient (Wildman–Crippen LogP) is -1.92. The summed E-state index contributed by atoms with van der Waals surface area (Å²) in [4.78, 5) is 57.5. The molecule has 1 aromatic rings. The van der Waals surface area contributed by atoms with Gasteiger partial charge in [-0.25, -0.2) is 9.48 Å². The number of rotatable bonds is 9. The van der Waals surface area contributed by atoms with Crippen LogP contribution in [-0.2, 0) is 25.7 Å². The quantitative estimate of drug-likeness (QED) is 0.230. The molecule has 0 aromatic carbocycles. The van der Waals surface area contributed by atoms with Crippen molar-refractivity contribution < 1.29 is 29.4 Å². The van der Waals surface area contributed by atoms with Crippen molar-refractivity contribution >= 4 is 35.5 Å². The summed E-state index contributed by atoms with van der Waals surface area (Å²) in [5.41, 5.74) is 0.0129. The molecule has 0 bridgehead atoms. The van der Waals surface area contributed by atoms with E-state index in [9.17, 15) is 29.4 Å². The number of likely N-dealkylation sites (tertiary alicyclic amines) is 2. The number of nitrogens with zero attached hydrogens (tertiary/aromatic N) is 7. The number of carbonyl (C=O) groups excluding carboxylic acids is 3. The van der Waals surface area contributed by atoms with Crippen LogP contribution in [0.2, 0.25) is 0 Å². The molecule has 42 heavy (non-hydrogen) atoms. The standard InChI is InChI=1S/C26H37N9O6S/c1-13-21-20(14(2)29-19(37)11-34-12-28-30-31-34)25(39)35(21)22(26(40)41)23(13)42-17-7-18(27-8-17)24(38)32-5-3-15(4-6-32)33-9-16(36)10-33/h12-18,20-21,27,36H,3-11H2,1-2H3,(H,29,37)(H,40,41)/t13-,14-,17+,18+,20-,21?/m1/s1. The van der Waals surface area contributed by atoms with Gasteiger partial charge in [0.1, 0.15) is 18.6 Å². The number of carbonyl (C=O) groups is 4. The fraction of sp³-hybridized carbons (Fsp3) is 0.731. The molecule has 228 valence electrons. The molecule has 5 aliphatic rings. The fourth-order valence-corrected chi connectivity index (χ4v) is 8.58. The number of hydrogen-bond donors (Lipinski definition) is 4. The van der Waals surface area contributed by atoms with E-state index in [2.05, 4.69) is 31.1 Å². The number of aliphatic hydroxyl groups excluding tert-OH is 1. The van der Waals surface area contributed by atoms with Gasteiger partial charge in [0.15, 0.2) is 0 Å². The molecular weight excluding hydrogens is 566 g/mol. The van der Waals surface area contributed by atoms with Gasteiger partial charge in [-0.1, -0.05) is 6.92 Å². The summed E-state index contributed by atoms with van der Waals surface area (Å²) in [6, 6.07) is -0.774. The second kappa shape index (κ2) is 11.5. The third-order valence-corrected chi connectivity index (χ3v) is 10.8. The van der Waals surface area contributed by atoms with E-state index in [1.807, 2.05) is 11.8 Å². The Kier molecular flexibility index (Phi) is 7.97. The number of nitrogens with one attached hydrogen (secondary N) is 2. The minimum Gasteiger partial charge on any atom is -0.477 e. The summed E-state index contributed by atoms with van der Waals surface area (Å²) in [6.45, 7) is 6.99. The first kappa shape index (κ1) is 29.0. The van der Waals surface area contributed by atoms with Gasteiger partial charge in [-0.05, 0) is 36.6 Å². The lowest BCUT2D eigenvalue weighted by Crippen LogP contribution is -2.66. The molecule has 6 atom stereocenters. The molecule has 0 saturated carbocycles. The number of carboxylic acid groups (broad SMARTS) is 1. The van der Waals surface area contributed by atoms with Gasteiger partial charge in [0, 0.05) is 60.9 Å². The molecule has 3 amide bonds. The molecule has 6 heterocycles. The Morgan fingerprint density at radius 1 is 1.24 bits per heavy atom. The fourth-order valence-electron chi connectivity index (χ4n) is 7.10. The van der Waals surface area contributed by atoms with Crippen LogP contribution in [-0.4, -0.2) is 137 Å². The zero-order valence-electron chi connectivity index (χ0n) is 23.6. The minimum atomic E-state index is -1.15. The lowest BCUT2D eigenvalue weighted by molar-refractivity contribution is -0.158. The Bertz CT molecular complexity index is 1260. The molecule has 4 fully saturated rings. The van der Waals surface area contributed by atoms with Crippen molar-refractivity contribution in [1.29, 1.82) is 0 Å². The largest absolute Gasteiger partial charge is 0.477 e. The van der Waals surface area contributed by atoms with Crippen LogP contribution in [0.1, 0.15) is 33.1 Å². The molecule has 16 heteroatoms. The van der Waals surface area contributed by atoms with Crippen LogP contribution >= 0.6 is 11.8 Å². The lowest BCUT2D eigenvalue weighted by Gasteiger charge is -2.47. The first-order valence-corrected chi connectivity index (χ1v) is 15.4. The number of β-amino-alcohol motifs (C(OH)–C–C–N with tert-alkyl or cyclic N) is 1. The maximum absolute atomic E-state index is 13.3. The molecule has 0 aliphatic carbocycles. The average molecular weight is 604 g/mol. The summed E-state index contributed by atoms with van der Waals surface area (Å²) < 4.78 is 1.28. The van der Waals surface area contributed by atoms with Gasteiger partial charge in [0.05, 0.1) is 24.1 Å². The zero-order chi connectivity index (χ0) is 29.7. The Hall–Kier alpha value is -3.08. The van der Waals surface area contributed by atoms with Gasteiger partial charge in [-0.3, -0.25) is 19.3 Å². The third-order valence-electron chi connectivity index (χ3n) is 9.28. The molecule has 4 N–H and O–H groups in total. The maximum atomic E-state index is 13.3. The second-order valence-corrected chi connectivity index (χ2v) is 13.3. The van der Waals surface area contributed by atoms with E-state index < -0.39 is 17.9 Å². The normalized spacial score (nSPS) is 31.1. The lowest BCUT2D eigenvalue weighted by atomic mass is 9.78. The van der Waals surface area contributed by atoms with Crippen LogP contribution in [0.15, 0.2) is 16.9 Å². The molecule has 0 spiro atoms. The third kappa shape index (κ3) is 5.29. The predicted molar refractivity (Wildman–Crippen MR) is 148 cm³/mol. The number of β-lactam (4-membered cyclic amide) rings is 1. The van der Waals surface area contributed by atoms with E-state index in [0.29, 0.717) is 50.1 Å². The average Bonchev–Trinajstić information content (AvgIpc) is 3.67. The molecule has 1 aromatic heterocycles. The van der Waals surface area contributed by atoms with E-state index in [-0.39, 0.29) is 59.3 Å². The van der Waals surface area contributed by atoms with E-state index in [0.717, 1.165) is 12.8 Å². The maximum Gasteiger partial charge on any atom is 0.353 e. The number of piperidine rings is 1. The summed E-state index contributed by atoms with van der Waals surface area (Å²) in [7, 11) is 0. The van der Waals surface area contributed by atoms with Crippen molar-refractivity contribution in [3.8, 4) is 0 Å². The van der Waals surface area contributed by atoms with Crippen LogP contribution in [0, 0.1) is 11.8 Å². The molecular formula is C26H37N9O6S. The van der Waals surface area contributed by atoms with Gasteiger partial charge >= 0.3 is 5.97 Å². The second-order valence-electron chi connectivity index (χ2n) is 12.0. The van der Waals surface area contributed by atoms with Crippen molar-refractivity contribution in [1.82, 2.24) is 45.5 Å². The van der Waals surface area contributed by atoms with Crippen molar-refractivity contribution in [2.45, 2.75) is 75.2 Å². The Morgan fingerprint density at radius 2 is 1.98 bits per heavy atom. The first-order valence-electron chi connectivity index (χ1n) is 14.5. The Labute approximate surface area is 247 Å². The zero-order valence-corrected chi connectivity index (χ0v) is 24.4. The SMILES string of the molecule is C[C@H]1C(S[C@@H]2CN[C@H](C(=O)N3CCC(N4CC(O)C4)CC3)C2)=C(C(=O)O)N2C(=O)[C@H]([C@@H](C)NC(=O)Cn3cnnn3)C12. The van der Waals surface area contributed by atoms with Gasteiger partial charge in [0.25, 0.3) is 0 Å². The van der Waals surface area contributed by atoms with E-state index in [1.54, 1.807) is 6.92 Å². The summed E-state index contributed by atoms with van der Waals surface area (Å²) in [5, 5.41) is 36.5. The van der Waals surface area contributed by atoms with Gasteiger partial charge < -0.3 is 30.6 Å². The highest BCUT2D eigenvalue weighted by Crippen LogP contribution is 2.51. The number of aliphatic carboxylic acids is 1. The number of fused-ring (bicyclic) bond motifs is 1. The van der Waals surface area contributed by atoms with E-state index in [1.165, 1.54) is 27.7 Å². The Balaban J connectivity index is 1.04. The summed E-state index contributed by atoms with van der Waals surface area (Å²) in [5.74, 6) is -2.50. The van der Waals surface area contributed by atoms with E-state index >= 15 is 0 Å². The highest BCUT2D eigenvalue weighted by molar-refractivity contribution is 8.03. The van der Waals surface area contributed by atoms with Crippen LogP contribution in [0.5, 0.6) is 0 Å². The number of amides is 3. The highest BCUT2D eigenvalue weighted by atomic mass is 32.2. The van der Waals surface area contributed by atoms with Gasteiger partial charge in [-0.15, -0.1) is 16.9 Å². The van der Waals surface area contributed by atoms with Gasteiger partial charge in [0.2, 0.25) is 17.7 Å². The molecule has 5 aliphatic heterocycles. The number of tetrazole rings is 1. The number of carboxylic acids is 1.